The van der Waals surface area contributed by atoms with Gasteiger partial charge < -0.3 is 14.6 Å². The Hall–Kier alpha value is -3.39. The Morgan fingerprint density at radius 1 is 1.18 bits per heavy atom. The van der Waals surface area contributed by atoms with E-state index in [0.717, 1.165) is 0 Å². The Morgan fingerprint density at radius 3 is 2.54 bits per heavy atom. The van der Waals surface area contributed by atoms with Crippen LogP contribution in [0.4, 0.5) is 5.69 Å². The van der Waals surface area contributed by atoms with Crippen molar-refractivity contribution in [2.24, 2.45) is 0 Å². The van der Waals surface area contributed by atoms with E-state index >= 15 is 0 Å². The van der Waals surface area contributed by atoms with E-state index in [2.05, 4.69) is 4.98 Å². The number of nitrogens with zero attached hydrogens (tertiary/aromatic N) is 2. The van der Waals surface area contributed by atoms with Crippen LogP contribution in [0.3, 0.4) is 0 Å². The molecule has 1 aliphatic heterocycles. The minimum absolute atomic E-state index is 0.102. The van der Waals surface area contributed by atoms with E-state index in [1.54, 1.807) is 38.1 Å². The summed E-state index contributed by atoms with van der Waals surface area (Å²) in [6, 6.07) is 8.45. The average Bonchev–Trinajstić information content (AvgIpc) is 3.35. The summed E-state index contributed by atoms with van der Waals surface area (Å²) in [5, 5.41) is 21.6. The largest absolute Gasteiger partial charge is 0.506 e. The maximum Gasteiger partial charge on any atom is 0.294 e. The van der Waals surface area contributed by atoms with E-state index in [-0.39, 0.29) is 17.0 Å². The maximum atomic E-state index is 13.3. The van der Waals surface area contributed by atoms with Crippen LogP contribution in [0.1, 0.15) is 32.2 Å². The first-order chi connectivity index (χ1) is 13.4. The molecule has 3 heterocycles. The smallest absolute Gasteiger partial charge is 0.294 e. The Bertz CT molecular complexity index is 1110. The van der Waals surface area contributed by atoms with Crippen LogP contribution in [0, 0.1) is 13.8 Å². The summed E-state index contributed by atoms with van der Waals surface area (Å²) in [6.07, 6.45) is 1.42. The lowest BCUT2D eigenvalue weighted by Crippen LogP contribution is -2.30. The van der Waals surface area contributed by atoms with Crippen molar-refractivity contribution in [1.82, 2.24) is 4.98 Å². The molecule has 2 aromatic heterocycles. The predicted molar refractivity (Wildman–Crippen MR) is 103 cm³/mol. The molecule has 1 unspecified atom stereocenters. The number of aryl methyl sites for hydroxylation is 2. The van der Waals surface area contributed by atoms with Crippen LogP contribution in [-0.2, 0) is 4.79 Å². The number of phenolic OH excluding ortho intramolecular Hbond substituents is 1. The molecule has 1 aromatic carbocycles. The number of thiazole rings is 1. The summed E-state index contributed by atoms with van der Waals surface area (Å²) in [4.78, 5) is 31.9. The Morgan fingerprint density at radius 2 is 1.93 bits per heavy atom. The van der Waals surface area contributed by atoms with E-state index in [0.29, 0.717) is 21.3 Å². The molecule has 0 spiro atoms. The zero-order valence-corrected chi connectivity index (χ0v) is 15.9. The zero-order valence-electron chi connectivity index (χ0n) is 15.0. The fourth-order valence-electron chi connectivity index (χ4n) is 3.33. The van der Waals surface area contributed by atoms with Crippen LogP contribution < -0.4 is 4.90 Å². The minimum atomic E-state index is -1.01. The normalized spacial score (nSPS) is 16.9. The fourth-order valence-corrected chi connectivity index (χ4v) is 4.21. The summed E-state index contributed by atoms with van der Waals surface area (Å²) in [6.45, 7) is 3.48. The van der Waals surface area contributed by atoms with Crippen LogP contribution >= 0.6 is 11.3 Å². The molecule has 8 heteroatoms. The van der Waals surface area contributed by atoms with Gasteiger partial charge in [0.2, 0.25) is 5.78 Å². The number of hydrogen-bond donors (Lipinski definition) is 2. The number of amides is 1. The van der Waals surface area contributed by atoms with E-state index in [1.807, 2.05) is 0 Å². The summed E-state index contributed by atoms with van der Waals surface area (Å²) < 4.78 is 5.47. The number of carbonyl (C=O) groups is 2. The molecule has 0 aliphatic carbocycles. The average molecular weight is 396 g/mol. The van der Waals surface area contributed by atoms with Crippen molar-refractivity contribution < 1.29 is 24.2 Å². The van der Waals surface area contributed by atoms with Crippen molar-refractivity contribution in [3.8, 4) is 5.75 Å². The van der Waals surface area contributed by atoms with E-state index in [9.17, 15) is 19.8 Å². The summed E-state index contributed by atoms with van der Waals surface area (Å²) in [5.41, 5.74) is 0.592. The highest BCUT2D eigenvalue weighted by Crippen LogP contribution is 2.45. The highest BCUT2D eigenvalue weighted by Gasteiger charge is 2.47. The SMILES string of the molecule is Cc1nc(C)c(C(=O)C2=C(O)C(=O)N(c3ccccc3O)C2c2ccco2)s1. The number of aromatic nitrogens is 1. The molecule has 0 radical (unpaired) electrons. The molecule has 1 atom stereocenters. The van der Waals surface area contributed by atoms with Crippen molar-refractivity contribution in [1.29, 1.82) is 0 Å². The monoisotopic (exact) mass is 396 g/mol. The van der Waals surface area contributed by atoms with Gasteiger partial charge in [-0.15, -0.1) is 11.3 Å². The molecule has 28 heavy (non-hydrogen) atoms. The Labute approximate surface area is 164 Å². The van der Waals surface area contributed by atoms with Gasteiger partial charge in [0.25, 0.3) is 5.91 Å². The molecule has 2 N–H and O–H groups in total. The third-order valence-electron chi connectivity index (χ3n) is 4.52. The molecule has 0 fully saturated rings. The van der Waals surface area contributed by atoms with Crippen molar-refractivity contribution in [3.63, 3.8) is 0 Å². The van der Waals surface area contributed by atoms with Gasteiger partial charge in [-0.1, -0.05) is 12.1 Å². The standard InChI is InChI=1S/C20H16N2O5S/c1-10-19(28-11(2)21-10)17(24)15-16(14-8-5-9-27-14)22(20(26)18(15)25)12-6-3-4-7-13(12)23/h3-9,16,23,25H,1-2H3. The van der Waals surface area contributed by atoms with Crippen LogP contribution in [0.25, 0.3) is 0 Å². The van der Waals surface area contributed by atoms with Crippen LogP contribution in [0.5, 0.6) is 5.75 Å². The molecule has 0 saturated carbocycles. The second-order valence-electron chi connectivity index (χ2n) is 6.32. The Balaban J connectivity index is 1.89. The number of aliphatic hydroxyl groups is 1. The molecule has 1 aliphatic rings. The molecule has 0 saturated heterocycles. The third-order valence-corrected chi connectivity index (χ3v) is 5.59. The van der Waals surface area contributed by atoms with Gasteiger partial charge in [0, 0.05) is 0 Å². The molecule has 4 rings (SSSR count). The van der Waals surface area contributed by atoms with Crippen LogP contribution in [0.2, 0.25) is 0 Å². The Kier molecular flexibility index (Phi) is 4.27. The van der Waals surface area contributed by atoms with Gasteiger partial charge in [0.15, 0.2) is 5.76 Å². The number of aromatic hydroxyl groups is 1. The number of hydrogen-bond acceptors (Lipinski definition) is 7. The number of benzene rings is 1. The number of Topliss-reactive ketones (excluding diaryl/α,β-unsaturated/α-hetero) is 1. The first kappa shape index (κ1) is 18.0. The predicted octanol–water partition coefficient (Wildman–Crippen LogP) is 3.84. The molecule has 1 amide bonds. The second kappa shape index (κ2) is 6.65. The van der Waals surface area contributed by atoms with Crippen LogP contribution in [-0.4, -0.2) is 26.9 Å². The number of phenols is 1. The lowest BCUT2D eigenvalue weighted by molar-refractivity contribution is -0.117. The van der Waals surface area contributed by atoms with Crippen LogP contribution in [0.15, 0.2) is 58.4 Å². The first-order valence-electron chi connectivity index (χ1n) is 8.47. The molecular weight excluding hydrogens is 380 g/mol. The third kappa shape index (κ3) is 2.69. The molecule has 3 aromatic rings. The van der Waals surface area contributed by atoms with Gasteiger partial charge in [-0.3, -0.25) is 14.5 Å². The number of aliphatic hydroxyl groups excluding tert-OH is 1. The number of rotatable bonds is 4. The highest BCUT2D eigenvalue weighted by molar-refractivity contribution is 7.14. The highest BCUT2D eigenvalue weighted by atomic mass is 32.1. The van der Waals surface area contributed by atoms with Crippen molar-refractivity contribution in [2.45, 2.75) is 19.9 Å². The summed E-state index contributed by atoms with van der Waals surface area (Å²) >= 11 is 1.20. The number of carbonyl (C=O) groups excluding carboxylic acids is 2. The van der Waals surface area contributed by atoms with Gasteiger partial charge in [-0.2, -0.15) is 0 Å². The van der Waals surface area contributed by atoms with E-state index in [1.165, 1.54) is 34.6 Å². The second-order valence-corrected chi connectivity index (χ2v) is 7.52. The quantitative estimate of drug-likeness (QED) is 0.650. The molecule has 0 bridgehead atoms. The van der Waals surface area contributed by atoms with Gasteiger partial charge >= 0.3 is 0 Å². The number of para-hydroxylation sites is 2. The molecule has 142 valence electrons. The maximum absolute atomic E-state index is 13.3. The van der Waals surface area contributed by atoms with Crippen molar-refractivity contribution in [3.05, 3.63) is 75.3 Å². The number of anilines is 1. The van der Waals surface area contributed by atoms with Crippen molar-refractivity contribution >= 4 is 28.7 Å². The van der Waals surface area contributed by atoms with E-state index in [4.69, 9.17) is 4.42 Å². The molecular formula is C20H16N2O5S. The minimum Gasteiger partial charge on any atom is -0.506 e. The van der Waals surface area contributed by atoms with E-state index < -0.39 is 23.5 Å². The van der Waals surface area contributed by atoms with Gasteiger partial charge in [-0.25, -0.2) is 4.98 Å². The van der Waals surface area contributed by atoms with Crippen molar-refractivity contribution in [2.75, 3.05) is 4.90 Å². The number of ketones is 1. The zero-order chi connectivity index (χ0) is 20.0. The molecule has 7 nitrogen and oxygen atoms in total. The summed E-state index contributed by atoms with van der Waals surface area (Å²) in [5.74, 6) is -1.81. The van der Waals surface area contributed by atoms with Gasteiger partial charge in [0.1, 0.15) is 17.6 Å². The lowest BCUT2D eigenvalue weighted by atomic mass is 9.99. The first-order valence-corrected chi connectivity index (χ1v) is 9.28. The topological polar surface area (TPSA) is 104 Å². The van der Waals surface area contributed by atoms with Gasteiger partial charge in [-0.05, 0) is 38.1 Å². The number of furan rings is 1. The lowest BCUT2D eigenvalue weighted by Gasteiger charge is -2.25. The fraction of sp³-hybridized carbons (Fsp3) is 0.150. The van der Waals surface area contributed by atoms with Gasteiger partial charge in [0.05, 0.1) is 33.1 Å². The summed E-state index contributed by atoms with van der Waals surface area (Å²) in [7, 11) is 0.